The quantitative estimate of drug-likeness (QED) is 0.754. The molecule has 3 aromatic rings. The third-order valence-corrected chi connectivity index (χ3v) is 3.37. The van der Waals surface area contributed by atoms with E-state index >= 15 is 0 Å². The zero-order valence-electron chi connectivity index (χ0n) is 12.1. The Morgan fingerprint density at radius 2 is 2.09 bits per heavy atom. The maximum atomic E-state index is 11.8. The molecule has 112 valence electrons. The van der Waals surface area contributed by atoms with Gasteiger partial charge in [0.05, 0.1) is 5.69 Å². The van der Waals surface area contributed by atoms with E-state index in [1.54, 1.807) is 16.8 Å². The van der Waals surface area contributed by atoms with Crippen LogP contribution < -0.4 is 5.32 Å². The highest BCUT2D eigenvalue weighted by molar-refractivity contribution is 6.29. The fraction of sp³-hybridized carbons (Fsp3) is 0.200. The summed E-state index contributed by atoms with van der Waals surface area (Å²) in [5, 5.41) is 7.48. The molecular weight excluding hydrogens is 302 g/mol. The minimum atomic E-state index is -0.133. The zero-order chi connectivity index (χ0) is 15.7. The van der Waals surface area contributed by atoms with Gasteiger partial charge in [-0.2, -0.15) is 4.98 Å². The van der Waals surface area contributed by atoms with Crippen molar-refractivity contribution in [3.05, 3.63) is 41.7 Å². The number of halogens is 1. The number of nitrogens with zero attached hydrogens (tertiary/aromatic N) is 4. The zero-order valence-corrected chi connectivity index (χ0v) is 12.9. The lowest BCUT2D eigenvalue weighted by atomic mass is 10.2. The van der Waals surface area contributed by atoms with E-state index in [0.29, 0.717) is 10.8 Å². The molecule has 0 aromatic carbocycles. The van der Waals surface area contributed by atoms with Crippen molar-refractivity contribution in [2.24, 2.45) is 5.92 Å². The van der Waals surface area contributed by atoms with Crippen LogP contribution in [0.15, 0.2) is 36.5 Å². The van der Waals surface area contributed by atoms with Gasteiger partial charge in [0.25, 0.3) is 0 Å². The number of hydrogen-bond acceptors (Lipinski definition) is 4. The van der Waals surface area contributed by atoms with E-state index in [9.17, 15) is 4.79 Å². The molecule has 3 aromatic heterocycles. The number of hydrogen-bond donors (Lipinski definition) is 1. The fourth-order valence-electron chi connectivity index (χ4n) is 1.96. The predicted molar refractivity (Wildman–Crippen MR) is 84.7 cm³/mol. The van der Waals surface area contributed by atoms with Crippen LogP contribution in [-0.2, 0) is 4.79 Å². The molecule has 0 saturated carbocycles. The number of carbonyl (C=O) groups excluding carboxylic acids is 1. The van der Waals surface area contributed by atoms with Crippen LogP contribution in [0.5, 0.6) is 0 Å². The van der Waals surface area contributed by atoms with Gasteiger partial charge in [-0.25, -0.2) is 9.50 Å². The molecule has 3 heterocycles. The number of rotatable bonds is 3. The van der Waals surface area contributed by atoms with Crippen molar-refractivity contribution in [3.8, 4) is 11.3 Å². The first-order valence-electron chi connectivity index (χ1n) is 6.83. The van der Waals surface area contributed by atoms with Gasteiger partial charge in [-0.05, 0) is 24.3 Å². The summed E-state index contributed by atoms with van der Waals surface area (Å²) in [5.41, 5.74) is 2.33. The third-order valence-electron chi connectivity index (χ3n) is 3.14. The average molecular weight is 316 g/mol. The molecular formula is C15H14ClN5O. The molecule has 0 bridgehead atoms. The Bertz CT molecular complexity index is 826. The van der Waals surface area contributed by atoms with Gasteiger partial charge in [0.15, 0.2) is 5.65 Å². The SMILES string of the molecule is CC(C)C(=O)Nc1nc2cccc(-c3ccc(Cl)nc3)n2n1. The lowest BCUT2D eigenvalue weighted by Crippen LogP contribution is -2.18. The van der Waals surface area contributed by atoms with Crippen LogP contribution in [0.1, 0.15) is 13.8 Å². The van der Waals surface area contributed by atoms with Crippen LogP contribution in [0.3, 0.4) is 0 Å². The minimum absolute atomic E-state index is 0.120. The third kappa shape index (κ3) is 2.78. The molecule has 0 spiro atoms. The molecule has 0 aliphatic rings. The predicted octanol–water partition coefficient (Wildman–Crippen LogP) is 3.04. The Morgan fingerprint density at radius 1 is 1.27 bits per heavy atom. The molecule has 7 heteroatoms. The Hall–Kier alpha value is -2.47. The summed E-state index contributed by atoms with van der Waals surface area (Å²) in [5.74, 6) is 0.0326. The van der Waals surface area contributed by atoms with Crippen molar-refractivity contribution in [1.82, 2.24) is 19.6 Å². The highest BCUT2D eigenvalue weighted by Crippen LogP contribution is 2.21. The van der Waals surface area contributed by atoms with Crippen LogP contribution in [0.2, 0.25) is 5.15 Å². The summed E-state index contributed by atoms with van der Waals surface area (Å²) in [6.45, 7) is 3.63. The second-order valence-corrected chi connectivity index (χ2v) is 5.52. The van der Waals surface area contributed by atoms with E-state index in [4.69, 9.17) is 11.6 Å². The van der Waals surface area contributed by atoms with Gasteiger partial charge in [0.1, 0.15) is 5.15 Å². The summed E-state index contributed by atoms with van der Waals surface area (Å²) >= 11 is 5.82. The van der Waals surface area contributed by atoms with Crippen molar-refractivity contribution in [1.29, 1.82) is 0 Å². The molecule has 0 unspecified atom stereocenters. The monoisotopic (exact) mass is 315 g/mol. The van der Waals surface area contributed by atoms with Gasteiger partial charge < -0.3 is 0 Å². The molecule has 0 aliphatic carbocycles. The fourth-order valence-corrected chi connectivity index (χ4v) is 2.07. The summed E-state index contributed by atoms with van der Waals surface area (Å²) in [4.78, 5) is 20.1. The lowest BCUT2D eigenvalue weighted by Gasteiger charge is -2.04. The van der Waals surface area contributed by atoms with Gasteiger partial charge in [-0.1, -0.05) is 31.5 Å². The molecule has 22 heavy (non-hydrogen) atoms. The van der Waals surface area contributed by atoms with Crippen LogP contribution in [0, 0.1) is 5.92 Å². The van der Waals surface area contributed by atoms with Crippen molar-refractivity contribution in [2.75, 3.05) is 5.32 Å². The largest absolute Gasteiger partial charge is 0.293 e. The van der Waals surface area contributed by atoms with Gasteiger partial charge in [-0.15, -0.1) is 5.10 Å². The number of fused-ring (bicyclic) bond motifs is 1. The molecule has 6 nitrogen and oxygen atoms in total. The minimum Gasteiger partial charge on any atom is -0.293 e. The smallest absolute Gasteiger partial charge is 0.249 e. The standard InChI is InChI=1S/C15H14ClN5O/c1-9(2)14(22)19-15-18-13-5-3-4-11(21(13)20-15)10-6-7-12(16)17-8-10/h3-9H,1-2H3,(H,19,20,22). The highest BCUT2D eigenvalue weighted by Gasteiger charge is 2.13. The highest BCUT2D eigenvalue weighted by atomic mass is 35.5. The Labute approximate surface area is 132 Å². The van der Waals surface area contributed by atoms with E-state index in [1.165, 1.54) is 0 Å². The molecule has 1 amide bonds. The number of amides is 1. The van der Waals surface area contributed by atoms with Gasteiger partial charge in [0.2, 0.25) is 11.9 Å². The first-order chi connectivity index (χ1) is 10.5. The van der Waals surface area contributed by atoms with Crippen molar-refractivity contribution < 1.29 is 4.79 Å². The number of pyridine rings is 2. The summed E-state index contributed by atoms with van der Waals surface area (Å²) in [6.07, 6.45) is 1.67. The molecule has 0 saturated heterocycles. The summed E-state index contributed by atoms with van der Waals surface area (Å²) in [6, 6.07) is 9.18. The van der Waals surface area contributed by atoms with E-state index < -0.39 is 0 Å². The second-order valence-electron chi connectivity index (χ2n) is 5.13. The molecule has 1 N–H and O–H groups in total. The number of aromatic nitrogens is 4. The van der Waals surface area contributed by atoms with Gasteiger partial charge in [0, 0.05) is 17.7 Å². The number of carbonyl (C=O) groups is 1. The lowest BCUT2D eigenvalue weighted by molar-refractivity contribution is -0.118. The molecule has 0 radical (unpaired) electrons. The van der Waals surface area contributed by atoms with E-state index in [0.717, 1.165) is 11.3 Å². The van der Waals surface area contributed by atoms with Crippen LogP contribution >= 0.6 is 11.6 Å². The van der Waals surface area contributed by atoms with Crippen LogP contribution in [-0.4, -0.2) is 25.5 Å². The molecule has 0 fully saturated rings. The molecule has 3 rings (SSSR count). The molecule has 0 atom stereocenters. The Balaban J connectivity index is 2.03. The maximum absolute atomic E-state index is 11.8. The topological polar surface area (TPSA) is 72.2 Å². The Kier molecular flexibility index (Phi) is 3.77. The van der Waals surface area contributed by atoms with Crippen LogP contribution in [0.4, 0.5) is 5.95 Å². The molecule has 0 aliphatic heterocycles. The maximum Gasteiger partial charge on any atom is 0.249 e. The first kappa shape index (κ1) is 14.5. The van der Waals surface area contributed by atoms with E-state index in [-0.39, 0.29) is 17.8 Å². The van der Waals surface area contributed by atoms with Gasteiger partial charge >= 0.3 is 0 Å². The summed E-state index contributed by atoms with van der Waals surface area (Å²) in [7, 11) is 0. The first-order valence-corrected chi connectivity index (χ1v) is 7.21. The number of nitrogens with one attached hydrogen (secondary N) is 1. The van der Waals surface area contributed by atoms with Crippen molar-refractivity contribution in [3.63, 3.8) is 0 Å². The average Bonchev–Trinajstić information content (AvgIpc) is 2.90. The Morgan fingerprint density at radius 3 is 2.77 bits per heavy atom. The van der Waals surface area contributed by atoms with Crippen molar-refractivity contribution >= 4 is 29.1 Å². The van der Waals surface area contributed by atoms with E-state index in [2.05, 4.69) is 20.4 Å². The summed E-state index contributed by atoms with van der Waals surface area (Å²) < 4.78 is 1.67. The second kappa shape index (κ2) is 5.73. The van der Waals surface area contributed by atoms with Crippen LogP contribution in [0.25, 0.3) is 16.9 Å². The number of anilines is 1. The van der Waals surface area contributed by atoms with Crippen molar-refractivity contribution in [2.45, 2.75) is 13.8 Å². The normalized spacial score (nSPS) is 11.1. The van der Waals surface area contributed by atoms with Gasteiger partial charge in [-0.3, -0.25) is 10.1 Å². The van der Waals surface area contributed by atoms with E-state index in [1.807, 2.05) is 38.1 Å².